The van der Waals surface area contributed by atoms with Crippen molar-refractivity contribution >= 4 is 17.7 Å². The Hall–Kier alpha value is -2.95. The third-order valence-electron chi connectivity index (χ3n) is 5.53. The number of imide groups is 1. The summed E-state index contributed by atoms with van der Waals surface area (Å²) >= 11 is 0. The van der Waals surface area contributed by atoms with Crippen molar-refractivity contribution < 1.29 is 14.4 Å². The van der Waals surface area contributed by atoms with E-state index in [1.807, 2.05) is 18.2 Å². The summed E-state index contributed by atoms with van der Waals surface area (Å²) in [7, 11) is 0. The largest absolute Gasteiger partial charge is 0.355 e. The lowest BCUT2D eigenvalue weighted by molar-refractivity contribution is -0.121. The molecule has 1 aliphatic heterocycles. The van der Waals surface area contributed by atoms with Gasteiger partial charge in [-0.25, -0.2) is 0 Å². The van der Waals surface area contributed by atoms with Crippen LogP contribution in [0.4, 0.5) is 0 Å². The molecule has 2 aliphatic rings. The first-order valence-electron chi connectivity index (χ1n) is 9.38. The van der Waals surface area contributed by atoms with Crippen molar-refractivity contribution in [3.05, 3.63) is 71.3 Å². The zero-order valence-electron chi connectivity index (χ0n) is 15.1. The molecule has 1 saturated carbocycles. The Morgan fingerprint density at radius 1 is 0.926 bits per heavy atom. The monoisotopic (exact) mass is 362 g/mol. The van der Waals surface area contributed by atoms with Gasteiger partial charge in [0.1, 0.15) is 0 Å². The number of carbonyl (C=O) groups is 3. The number of hydrogen-bond donors (Lipinski definition) is 1. The van der Waals surface area contributed by atoms with Gasteiger partial charge in [0.05, 0.1) is 11.1 Å². The Labute approximate surface area is 158 Å². The number of amides is 3. The van der Waals surface area contributed by atoms with Gasteiger partial charge in [0.25, 0.3) is 11.8 Å². The van der Waals surface area contributed by atoms with E-state index in [0.717, 1.165) is 12.8 Å². The van der Waals surface area contributed by atoms with Crippen molar-refractivity contribution in [2.24, 2.45) is 0 Å². The van der Waals surface area contributed by atoms with E-state index in [1.54, 1.807) is 24.3 Å². The van der Waals surface area contributed by atoms with Crippen molar-refractivity contribution in [2.75, 3.05) is 13.1 Å². The molecule has 2 aromatic carbocycles. The molecular formula is C22H22N2O3. The number of nitrogens with one attached hydrogen (secondary N) is 1. The molecule has 4 rings (SSSR count). The van der Waals surface area contributed by atoms with Crippen LogP contribution in [0, 0.1) is 0 Å². The van der Waals surface area contributed by atoms with Gasteiger partial charge in [0.15, 0.2) is 0 Å². The molecule has 138 valence electrons. The quantitative estimate of drug-likeness (QED) is 0.770. The molecule has 5 heteroatoms. The Kier molecular flexibility index (Phi) is 4.52. The summed E-state index contributed by atoms with van der Waals surface area (Å²) in [5.41, 5.74) is 2.26. The van der Waals surface area contributed by atoms with Crippen LogP contribution < -0.4 is 5.32 Å². The minimum absolute atomic E-state index is 0.0335. The molecule has 0 bridgehead atoms. The van der Waals surface area contributed by atoms with Crippen molar-refractivity contribution in [3.8, 4) is 0 Å². The van der Waals surface area contributed by atoms with Gasteiger partial charge in [0, 0.05) is 24.9 Å². The molecule has 27 heavy (non-hydrogen) atoms. The van der Waals surface area contributed by atoms with Gasteiger partial charge in [-0.1, -0.05) is 42.5 Å². The van der Waals surface area contributed by atoms with Gasteiger partial charge < -0.3 is 5.32 Å². The van der Waals surface area contributed by atoms with Crippen LogP contribution in [0.5, 0.6) is 0 Å². The molecule has 0 spiro atoms. The Balaban J connectivity index is 1.25. The van der Waals surface area contributed by atoms with E-state index in [1.165, 1.54) is 10.5 Å². The summed E-state index contributed by atoms with van der Waals surface area (Å²) in [6, 6.07) is 17.1. The average Bonchev–Trinajstić information content (AvgIpc) is 3.46. The fourth-order valence-electron chi connectivity index (χ4n) is 3.71. The number of rotatable bonds is 7. The first-order chi connectivity index (χ1) is 13.1. The first kappa shape index (κ1) is 17.5. The van der Waals surface area contributed by atoms with Crippen molar-refractivity contribution in [2.45, 2.75) is 31.1 Å². The molecule has 5 nitrogen and oxygen atoms in total. The zero-order chi connectivity index (χ0) is 18.9. The molecule has 0 atom stereocenters. The van der Waals surface area contributed by atoms with E-state index in [9.17, 15) is 14.4 Å². The van der Waals surface area contributed by atoms with Crippen LogP contribution in [-0.2, 0) is 10.2 Å². The second-order valence-electron chi connectivity index (χ2n) is 7.33. The Morgan fingerprint density at radius 3 is 2.11 bits per heavy atom. The normalized spacial score (nSPS) is 17.0. The summed E-state index contributed by atoms with van der Waals surface area (Å²) in [6.45, 7) is 0.909. The Morgan fingerprint density at radius 2 is 1.52 bits per heavy atom. The highest BCUT2D eigenvalue weighted by molar-refractivity contribution is 6.21. The molecule has 0 aromatic heterocycles. The van der Waals surface area contributed by atoms with Gasteiger partial charge in [-0.3, -0.25) is 19.3 Å². The highest BCUT2D eigenvalue weighted by atomic mass is 16.2. The van der Waals surface area contributed by atoms with Crippen molar-refractivity contribution in [3.63, 3.8) is 0 Å². The molecule has 2 aromatic rings. The highest BCUT2D eigenvalue weighted by Gasteiger charge is 2.44. The van der Waals surface area contributed by atoms with Gasteiger partial charge in [-0.05, 0) is 37.0 Å². The molecule has 1 heterocycles. The summed E-state index contributed by atoms with van der Waals surface area (Å²) in [5, 5.41) is 3.02. The maximum absolute atomic E-state index is 12.3. The molecule has 0 saturated heterocycles. The zero-order valence-corrected chi connectivity index (χ0v) is 15.1. The number of benzene rings is 2. The fraction of sp³-hybridized carbons (Fsp3) is 0.318. The lowest BCUT2D eigenvalue weighted by Crippen LogP contribution is -2.34. The fourth-order valence-corrected chi connectivity index (χ4v) is 3.71. The average molecular weight is 362 g/mol. The van der Waals surface area contributed by atoms with Gasteiger partial charge >= 0.3 is 0 Å². The molecule has 0 unspecified atom stereocenters. The molecule has 1 aliphatic carbocycles. The smallest absolute Gasteiger partial charge is 0.261 e. The number of hydrogen-bond acceptors (Lipinski definition) is 3. The van der Waals surface area contributed by atoms with E-state index >= 15 is 0 Å². The second kappa shape index (κ2) is 6.99. The summed E-state index contributed by atoms with van der Waals surface area (Å²) < 4.78 is 0. The van der Waals surface area contributed by atoms with Crippen molar-refractivity contribution in [1.29, 1.82) is 0 Å². The summed E-state index contributed by atoms with van der Waals surface area (Å²) in [6.07, 6.45) is 2.95. The van der Waals surface area contributed by atoms with E-state index in [-0.39, 0.29) is 29.7 Å². The van der Waals surface area contributed by atoms with E-state index in [2.05, 4.69) is 17.4 Å². The maximum atomic E-state index is 12.3. The molecular weight excluding hydrogens is 340 g/mol. The second-order valence-corrected chi connectivity index (χ2v) is 7.33. The lowest BCUT2D eigenvalue weighted by Gasteiger charge is -2.17. The van der Waals surface area contributed by atoms with Gasteiger partial charge in [-0.15, -0.1) is 0 Å². The van der Waals surface area contributed by atoms with Crippen LogP contribution in [0.1, 0.15) is 52.0 Å². The van der Waals surface area contributed by atoms with Crippen LogP contribution in [-0.4, -0.2) is 35.7 Å². The van der Waals surface area contributed by atoms with E-state index < -0.39 is 0 Å². The lowest BCUT2D eigenvalue weighted by atomic mass is 9.96. The van der Waals surface area contributed by atoms with E-state index in [4.69, 9.17) is 0 Å². The van der Waals surface area contributed by atoms with Gasteiger partial charge in [0.2, 0.25) is 5.91 Å². The molecule has 1 N–H and O–H groups in total. The maximum Gasteiger partial charge on any atom is 0.261 e. The predicted molar refractivity (Wildman–Crippen MR) is 101 cm³/mol. The third-order valence-corrected chi connectivity index (χ3v) is 5.53. The van der Waals surface area contributed by atoms with Gasteiger partial charge in [-0.2, -0.15) is 0 Å². The van der Waals surface area contributed by atoms with Crippen molar-refractivity contribution in [1.82, 2.24) is 10.2 Å². The minimum atomic E-state index is -0.267. The van der Waals surface area contributed by atoms with E-state index in [0.29, 0.717) is 30.5 Å². The molecule has 0 radical (unpaired) electrons. The SMILES string of the molecule is O=C(CCCN1C(=O)c2ccccc2C1=O)NCC1(c2ccccc2)CC1. The standard InChI is InChI=1S/C22H22N2O3/c25-19(23-15-22(12-13-22)16-7-2-1-3-8-16)11-6-14-24-20(26)17-9-4-5-10-18(17)21(24)27/h1-5,7-10H,6,11-15H2,(H,23,25). The minimum Gasteiger partial charge on any atom is -0.355 e. The number of carbonyl (C=O) groups excluding carboxylic acids is 3. The van der Waals surface area contributed by atoms with Crippen LogP contribution in [0.25, 0.3) is 0 Å². The van der Waals surface area contributed by atoms with Crippen LogP contribution in [0.3, 0.4) is 0 Å². The Bertz CT molecular complexity index is 852. The predicted octanol–water partition coefficient (Wildman–Crippen LogP) is 2.91. The van der Waals surface area contributed by atoms with Crippen LogP contribution in [0.15, 0.2) is 54.6 Å². The first-order valence-corrected chi connectivity index (χ1v) is 9.38. The molecule has 3 amide bonds. The summed E-state index contributed by atoms with van der Waals surface area (Å²) in [5.74, 6) is -0.567. The summed E-state index contributed by atoms with van der Waals surface area (Å²) in [4.78, 5) is 38.1. The third kappa shape index (κ3) is 3.37. The topological polar surface area (TPSA) is 66.5 Å². The molecule has 1 fully saturated rings. The van der Waals surface area contributed by atoms with Crippen LogP contribution >= 0.6 is 0 Å². The van der Waals surface area contributed by atoms with Crippen LogP contribution in [0.2, 0.25) is 0 Å². The number of fused-ring (bicyclic) bond motifs is 1. The number of nitrogens with zero attached hydrogens (tertiary/aromatic N) is 1. The highest BCUT2D eigenvalue weighted by Crippen LogP contribution is 2.47.